The van der Waals surface area contributed by atoms with Crippen molar-refractivity contribution >= 4 is 29.5 Å². The Labute approximate surface area is 323 Å². The molecule has 0 aliphatic carbocycles. The Hall–Kier alpha value is -5.59. The third-order valence-corrected chi connectivity index (χ3v) is 9.12. The van der Waals surface area contributed by atoms with Crippen LogP contribution in [0.15, 0.2) is 72.8 Å². The smallest absolute Gasteiger partial charge is 0.255 e. The monoisotopic (exact) mass is 757 g/mol. The number of nitrogens with zero attached hydrogens (tertiary/aromatic N) is 1. The number of para-hydroxylation sites is 1. The van der Waals surface area contributed by atoms with E-state index in [2.05, 4.69) is 21.3 Å². The van der Waals surface area contributed by atoms with E-state index in [1.54, 1.807) is 31.4 Å². The second kappa shape index (κ2) is 21.3. The summed E-state index contributed by atoms with van der Waals surface area (Å²) >= 11 is 0. The summed E-state index contributed by atoms with van der Waals surface area (Å²) in [5.74, 6) is -0.528. The molecule has 0 fully saturated rings. The van der Waals surface area contributed by atoms with Gasteiger partial charge in [-0.05, 0) is 73.9 Å². The number of likely N-dealkylation sites (N-methyl/N-ethyl adjacent to an activating group) is 1. The molecule has 1 aliphatic heterocycles. The molecule has 0 radical (unpaired) electrons. The van der Waals surface area contributed by atoms with Crippen LogP contribution in [-0.4, -0.2) is 93.0 Å². The highest BCUT2D eigenvalue weighted by Crippen LogP contribution is 2.28. The number of amides is 5. The third-order valence-electron chi connectivity index (χ3n) is 9.12. The topological polar surface area (TPSA) is 164 Å². The second-order valence-electron chi connectivity index (χ2n) is 14.1. The Morgan fingerprint density at radius 3 is 2.40 bits per heavy atom. The number of rotatable bonds is 12. The zero-order valence-corrected chi connectivity index (χ0v) is 32.5. The van der Waals surface area contributed by atoms with Gasteiger partial charge in [-0.25, -0.2) is 0 Å². The quantitative estimate of drug-likeness (QED) is 0.203. The van der Waals surface area contributed by atoms with Crippen LogP contribution in [0.1, 0.15) is 67.9 Å². The Balaban J connectivity index is 1.55. The van der Waals surface area contributed by atoms with Gasteiger partial charge in [0.2, 0.25) is 23.6 Å². The normalized spacial score (nSPS) is 18.8. The zero-order chi connectivity index (χ0) is 39.7. The van der Waals surface area contributed by atoms with E-state index in [0.717, 1.165) is 11.1 Å². The summed E-state index contributed by atoms with van der Waals surface area (Å²) in [5.41, 5.74) is 2.04. The third kappa shape index (κ3) is 13.3. The first-order valence-electron chi connectivity index (χ1n) is 18.9. The minimum absolute atomic E-state index is 0.0382. The van der Waals surface area contributed by atoms with Gasteiger partial charge < -0.3 is 40.4 Å². The Kier molecular flexibility index (Phi) is 16.4. The van der Waals surface area contributed by atoms with E-state index in [-0.39, 0.29) is 55.6 Å². The van der Waals surface area contributed by atoms with E-state index in [0.29, 0.717) is 43.9 Å². The first-order chi connectivity index (χ1) is 26.5. The maximum Gasteiger partial charge on any atom is 0.255 e. The lowest BCUT2D eigenvalue weighted by atomic mass is 10.0. The Morgan fingerprint density at radius 1 is 0.927 bits per heavy atom. The molecule has 3 aromatic carbocycles. The fourth-order valence-electron chi connectivity index (χ4n) is 6.41. The standard InChI is InChI=1S/C42H55N5O8/c1-6-54-36-20-18-30(25-37(36)53-5)15-12-22-43-41(51)33-19-21-38(48)45-34(24-29-13-8-7-9-14-29)42(52)47(4)26-39(49)44-31(23-28(2)3)27-55-35-17-11-10-16-32(35)40(50)46-33/h7-11,13-14,16-18,20,25,28,31,33-34H,6,12,15,19,21-24,26-27H2,1-5H3,(H,43,51)(H,44,49)(H,45,48)(H,46,50)/t31-,33-,34-/m0/s1. The van der Waals surface area contributed by atoms with Crippen LogP contribution in [0.3, 0.4) is 0 Å². The van der Waals surface area contributed by atoms with Gasteiger partial charge >= 0.3 is 0 Å². The van der Waals surface area contributed by atoms with Crippen molar-refractivity contribution in [3.63, 3.8) is 0 Å². The van der Waals surface area contributed by atoms with Crippen molar-refractivity contribution < 1.29 is 38.2 Å². The molecule has 0 saturated carbocycles. The van der Waals surface area contributed by atoms with Crippen LogP contribution >= 0.6 is 0 Å². The number of ether oxygens (including phenoxy) is 3. The van der Waals surface area contributed by atoms with Gasteiger partial charge in [0.05, 0.1) is 31.9 Å². The summed E-state index contributed by atoms with van der Waals surface area (Å²) in [6.45, 7) is 6.62. The molecule has 296 valence electrons. The van der Waals surface area contributed by atoms with E-state index >= 15 is 0 Å². The first-order valence-corrected chi connectivity index (χ1v) is 18.9. The van der Waals surface area contributed by atoms with Crippen molar-refractivity contribution in [1.82, 2.24) is 26.2 Å². The van der Waals surface area contributed by atoms with E-state index in [1.165, 1.54) is 11.9 Å². The average molecular weight is 758 g/mol. The lowest BCUT2D eigenvalue weighted by Gasteiger charge is -2.27. The van der Waals surface area contributed by atoms with Gasteiger partial charge in [-0.15, -0.1) is 0 Å². The molecule has 55 heavy (non-hydrogen) atoms. The lowest BCUT2D eigenvalue weighted by molar-refractivity contribution is -0.138. The molecule has 0 unspecified atom stereocenters. The molecule has 5 amide bonds. The van der Waals surface area contributed by atoms with Gasteiger partial charge in [-0.2, -0.15) is 0 Å². The number of carbonyl (C=O) groups excluding carboxylic acids is 5. The van der Waals surface area contributed by atoms with Crippen LogP contribution in [0.4, 0.5) is 0 Å². The van der Waals surface area contributed by atoms with E-state index in [1.807, 2.05) is 69.3 Å². The van der Waals surface area contributed by atoms with Crippen LogP contribution in [0.2, 0.25) is 0 Å². The Morgan fingerprint density at radius 2 is 1.67 bits per heavy atom. The number of fused-ring (bicyclic) bond motifs is 1. The van der Waals surface area contributed by atoms with Crippen molar-refractivity contribution in [1.29, 1.82) is 0 Å². The van der Waals surface area contributed by atoms with Crippen LogP contribution < -0.4 is 35.5 Å². The van der Waals surface area contributed by atoms with Crippen LogP contribution in [-0.2, 0) is 32.0 Å². The summed E-state index contributed by atoms with van der Waals surface area (Å²) in [4.78, 5) is 69.2. The highest BCUT2D eigenvalue weighted by molar-refractivity contribution is 6.00. The van der Waals surface area contributed by atoms with E-state index in [4.69, 9.17) is 14.2 Å². The molecule has 4 rings (SSSR count). The minimum atomic E-state index is -1.07. The number of nitrogens with one attached hydrogen (secondary N) is 4. The van der Waals surface area contributed by atoms with Gasteiger partial charge in [0, 0.05) is 26.4 Å². The summed E-state index contributed by atoms with van der Waals surface area (Å²) in [6, 6.07) is 19.2. The molecule has 13 heteroatoms. The largest absolute Gasteiger partial charge is 0.493 e. The number of methoxy groups -OCH3 is 1. The molecule has 13 nitrogen and oxygen atoms in total. The second-order valence-corrected chi connectivity index (χ2v) is 14.1. The molecule has 3 aromatic rings. The number of aryl methyl sites for hydroxylation is 1. The van der Waals surface area contributed by atoms with Crippen molar-refractivity contribution in [2.45, 2.75) is 77.4 Å². The van der Waals surface area contributed by atoms with Crippen LogP contribution in [0.5, 0.6) is 17.2 Å². The first kappa shape index (κ1) is 42.2. The number of hydrogen-bond donors (Lipinski definition) is 4. The van der Waals surface area contributed by atoms with Crippen molar-refractivity contribution in [2.75, 3.05) is 40.5 Å². The predicted molar refractivity (Wildman–Crippen MR) is 209 cm³/mol. The lowest BCUT2D eigenvalue weighted by Crippen LogP contribution is -2.52. The summed E-state index contributed by atoms with van der Waals surface area (Å²) in [5, 5.41) is 11.6. The highest BCUT2D eigenvalue weighted by atomic mass is 16.5. The molecule has 0 spiro atoms. The van der Waals surface area contributed by atoms with E-state index in [9.17, 15) is 24.0 Å². The average Bonchev–Trinajstić information content (AvgIpc) is 3.16. The van der Waals surface area contributed by atoms with Gasteiger partial charge in [-0.1, -0.05) is 62.4 Å². The fraction of sp³-hybridized carbons (Fsp3) is 0.452. The van der Waals surface area contributed by atoms with Crippen molar-refractivity contribution in [3.8, 4) is 17.2 Å². The van der Waals surface area contributed by atoms with Crippen LogP contribution in [0.25, 0.3) is 0 Å². The molecule has 0 saturated heterocycles. The van der Waals surface area contributed by atoms with Crippen molar-refractivity contribution in [3.05, 3.63) is 89.5 Å². The Bertz CT molecular complexity index is 1750. The van der Waals surface area contributed by atoms with E-state index < -0.39 is 41.8 Å². The fourth-order valence-corrected chi connectivity index (χ4v) is 6.41. The SMILES string of the molecule is CCOc1ccc(CCCNC(=O)[C@@H]2CCC(=O)N[C@@H](Cc3ccccc3)C(=O)N(C)CC(=O)N[C@@H](CC(C)C)COc3ccccc3C(=O)N2)cc1OC. The van der Waals surface area contributed by atoms with Crippen LogP contribution in [0, 0.1) is 5.92 Å². The summed E-state index contributed by atoms with van der Waals surface area (Å²) in [7, 11) is 3.11. The maximum absolute atomic E-state index is 13.8. The number of benzene rings is 3. The molecular formula is C42H55N5O8. The molecule has 0 aromatic heterocycles. The molecule has 1 aliphatic rings. The number of carbonyl (C=O) groups is 5. The molecule has 1 heterocycles. The minimum Gasteiger partial charge on any atom is -0.493 e. The van der Waals surface area contributed by atoms with Gasteiger partial charge in [-0.3, -0.25) is 24.0 Å². The number of hydrogen-bond acceptors (Lipinski definition) is 8. The van der Waals surface area contributed by atoms with Gasteiger partial charge in [0.15, 0.2) is 11.5 Å². The zero-order valence-electron chi connectivity index (χ0n) is 32.5. The molecule has 3 atom stereocenters. The predicted octanol–water partition coefficient (Wildman–Crippen LogP) is 3.83. The molecule has 4 N–H and O–H groups in total. The maximum atomic E-state index is 13.8. The van der Waals surface area contributed by atoms with Crippen molar-refractivity contribution in [2.24, 2.45) is 5.92 Å². The van der Waals surface area contributed by atoms with Gasteiger partial charge in [0.1, 0.15) is 24.4 Å². The molecule has 0 bridgehead atoms. The highest BCUT2D eigenvalue weighted by Gasteiger charge is 2.29. The molecular weight excluding hydrogens is 702 g/mol. The van der Waals surface area contributed by atoms with Gasteiger partial charge in [0.25, 0.3) is 5.91 Å². The summed E-state index contributed by atoms with van der Waals surface area (Å²) in [6.07, 6.45) is 1.82. The summed E-state index contributed by atoms with van der Waals surface area (Å²) < 4.78 is 17.2.